The van der Waals surface area contributed by atoms with Crippen molar-refractivity contribution in [2.75, 3.05) is 7.11 Å². The summed E-state index contributed by atoms with van der Waals surface area (Å²) in [5.41, 5.74) is 1.13. The first-order valence-electron chi connectivity index (χ1n) is 7.72. The molecule has 3 nitrogen and oxygen atoms in total. The Labute approximate surface area is 145 Å². The number of hydrogen-bond donors (Lipinski definition) is 1. The van der Waals surface area contributed by atoms with E-state index in [-0.39, 0.29) is 0 Å². The van der Waals surface area contributed by atoms with Crippen LogP contribution in [-0.4, -0.2) is 26.3 Å². The topological polar surface area (TPSA) is 46.5 Å². The molecule has 4 heteroatoms. The van der Waals surface area contributed by atoms with Gasteiger partial charge in [0.05, 0.1) is 27.5 Å². The van der Waals surface area contributed by atoms with Gasteiger partial charge in [-0.25, -0.2) is 4.79 Å². The van der Waals surface area contributed by atoms with E-state index in [1.54, 1.807) is 0 Å². The number of hydrogen-bond acceptors (Lipinski definition) is 2. The van der Waals surface area contributed by atoms with Gasteiger partial charge in [0.25, 0.3) is 0 Å². The van der Waals surface area contributed by atoms with Gasteiger partial charge in [-0.15, -0.1) is 5.92 Å². The number of carboxylic acid groups (broad SMARTS) is 1. The number of benzene rings is 2. The van der Waals surface area contributed by atoms with E-state index in [2.05, 4.69) is 78.7 Å². The highest BCUT2D eigenvalue weighted by atomic mass is 28.3. The Kier molecular flexibility index (Phi) is 7.80. The summed E-state index contributed by atoms with van der Waals surface area (Å²) in [6.07, 6.45) is 2.02. The molecule has 0 fully saturated rings. The lowest BCUT2D eigenvalue weighted by Gasteiger charge is -2.09. The maximum atomic E-state index is 9.59. The van der Waals surface area contributed by atoms with Crippen molar-refractivity contribution < 1.29 is 14.6 Å². The van der Waals surface area contributed by atoms with Gasteiger partial charge in [0.1, 0.15) is 0 Å². The Balaban J connectivity index is 0.000000351. The van der Waals surface area contributed by atoms with Crippen LogP contribution in [0.3, 0.4) is 0 Å². The van der Waals surface area contributed by atoms with E-state index in [0.29, 0.717) is 0 Å². The maximum Gasteiger partial charge on any atom is 0.331 e. The Hall–Kier alpha value is -2.51. The SMILES string of the molecule is COC=CC(=O)O.C[Si](C)(C)CC#Cc1ccc2ccccc2c1. The van der Waals surface area contributed by atoms with Gasteiger partial charge in [-0.2, -0.15) is 0 Å². The van der Waals surface area contributed by atoms with E-state index < -0.39 is 14.0 Å². The largest absolute Gasteiger partial charge is 0.504 e. The fourth-order valence-electron chi connectivity index (χ4n) is 1.80. The van der Waals surface area contributed by atoms with Crippen LogP contribution in [0.15, 0.2) is 54.8 Å². The van der Waals surface area contributed by atoms with Gasteiger partial charge >= 0.3 is 5.97 Å². The molecular formula is C20H24O3Si. The molecule has 0 saturated heterocycles. The van der Waals surface area contributed by atoms with Crippen molar-refractivity contribution in [2.24, 2.45) is 0 Å². The summed E-state index contributed by atoms with van der Waals surface area (Å²) in [5, 5.41) is 10.4. The van der Waals surface area contributed by atoms with Crippen molar-refractivity contribution in [2.45, 2.75) is 25.7 Å². The van der Waals surface area contributed by atoms with Crippen LogP contribution in [0.4, 0.5) is 0 Å². The smallest absolute Gasteiger partial charge is 0.331 e. The Morgan fingerprint density at radius 2 is 1.83 bits per heavy atom. The molecule has 0 aliphatic carbocycles. The fourth-order valence-corrected chi connectivity index (χ4v) is 2.42. The molecule has 0 heterocycles. The summed E-state index contributed by atoms with van der Waals surface area (Å²) in [6.45, 7) is 7.05. The van der Waals surface area contributed by atoms with Gasteiger partial charge < -0.3 is 9.84 Å². The molecule has 0 radical (unpaired) electrons. The van der Waals surface area contributed by atoms with Crippen molar-refractivity contribution in [1.29, 1.82) is 0 Å². The summed E-state index contributed by atoms with van der Waals surface area (Å²) in [4.78, 5) is 9.59. The van der Waals surface area contributed by atoms with Crippen LogP contribution in [-0.2, 0) is 9.53 Å². The number of ether oxygens (including phenoxy) is 1. The van der Waals surface area contributed by atoms with Gasteiger partial charge in [0.15, 0.2) is 0 Å². The predicted octanol–water partition coefficient (Wildman–Crippen LogP) is 4.76. The first-order chi connectivity index (χ1) is 11.3. The van der Waals surface area contributed by atoms with Gasteiger partial charge in [-0.1, -0.05) is 55.9 Å². The molecule has 0 unspecified atom stereocenters. The van der Waals surface area contributed by atoms with E-state index in [1.165, 1.54) is 17.9 Å². The van der Waals surface area contributed by atoms with Gasteiger partial charge in [-0.3, -0.25) is 0 Å². The molecule has 1 N–H and O–H groups in total. The van der Waals surface area contributed by atoms with Crippen LogP contribution >= 0.6 is 0 Å². The number of carbonyl (C=O) groups is 1. The van der Waals surface area contributed by atoms with Gasteiger partial charge in [-0.05, 0) is 22.9 Å². The van der Waals surface area contributed by atoms with Crippen LogP contribution in [0.1, 0.15) is 5.56 Å². The monoisotopic (exact) mass is 340 g/mol. The lowest BCUT2D eigenvalue weighted by Crippen LogP contribution is -2.17. The standard InChI is InChI=1S/C16H18Si.C4H6O3/c1-17(2,3)12-6-7-14-10-11-15-8-4-5-9-16(15)13-14;1-7-3-2-4(5)6/h4-5,8-11,13H,12H2,1-3H3;2-3H,1H3,(H,5,6). The van der Waals surface area contributed by atoms with Crippen molar-refractivity contribution in [3.05, 3.63) is 60.4 Å². The highest BCUT2D eigenvalue weighted by molar-refractivity contribution is 6.76. The van der Waals surface area contributed by atoms with Crippen molar-refractivity contribution in [3.8, 4) is 11.8 Å². The second-order valence-electron chi connectivity index (χ2n) is 6.48. The third kappa shape index (κ3) is 8.21. The molecule has 126 valence electrons. The molecule has 0 aliphatic rings. The molecule has 0 atom stereocenters. The lowest BCUT2D eigenvalue weighted by atomic mass is 10.1. The molecular weight excluding hydrogens is 316 g/mol. The van der Waals surface area contributed by atoms with Crippen LogP contribution in [0.25, 0.3) is 10.8 Å². The number of fused-ring (bicyclic) bond motifs is 1. The van der Waals surface area contributed by atoms with Crippen molar-refractivity contribution in [1.82, 2.24) is 0 Å². The van der Waals surface area contributed by atoms with Crippen LogP contribution in [0.2, 0.25) is 25.7 Å². The zero-order valence-electron chi connectivity index (χ0n) is 14.7. The van der Waals surface area contributed by atoms with Crippen LogP contribution in [0.5, 0.6) is 0 Å². The molecule has 0 aromatic heterocycles. The third-order valence-corrected chi connectivity index (χ3v) is 4.19. The number of aliphatic carboxylic acids is 1. The maximum absolute atomic E-state index is 9.59. The highest BCUT2D eigenvalue weighted by Gasteiger charge is 2.09. The van der Waals surface area contributed by atoms with E-state index in [1.807, 2.05) is 0 Å². The lowest BCUT2D eigenvalue weighted by molar-refractivity contribution is -0.131. The Morgan fingerprint density at radius 3 is 2.38 bits per heavy atom. The molecule has 2 aromatic carbocycles. The van der Waals surface area contributed by atoms with Gasteiger partial charge in [0, 0.05) is 11.6 Å². The summed E-state index contributed by atoms with van der Waals surface area (Å²) in [5.74, 6) is 5.60. The molecule has 0 aliphatic heterocycles. The van der Waals surface area contributed by atoms with E-state index in [4.69, 9.17) is 5.11 Å². The molecule has 24 heavy (non-hydrogen) atoms. The second-order valence-corrected chi connectivity index (χ2v) is 12.0. The average Bonchev–Trinajstić information content (AvgIpc) is 2.52. The summed E-state index contributed by atoms with van der Waals surface area (Å²) in [7, 11) is 0.350. The molecule has 2 rings (SSSR count). The fraction of sp³-hybridized carbons (Fsp3) is 0.250. The minimum atomic E-state index is -1.04. The zero-order chi connectivity index (χ0) is 18.0. The molecule has 0 saturated carbocycles. The minimum absolute atomic E-state index is 0.917. The molecule has 0 bridgehead atoms. The average molecular weight is 340 g/mol. The quantitative estimate of drug-likeness (QED) is 0.379. The second kappa shape index (κ2) is 9.59. The number of rotatable bonds is 3. The Bertz CT molecular complexity index is 762. The summed E-state index contributed by atoms with van der Waals surface area (Å²) < 4.78 is 4.29. The molecule has 2 aromatic rings. The Morgan fingerprint density at radius 1 is 1.17 bits per heavy atom. The van der Waals surface area contributed by atoms with Crippen LogP contribution in [0, 0.1) is 11.8 Å². The van der Waals surface area contributed by atoms with Gasteiger partial charge in [0.2, 0.25) is 0 Å². The zero-order valence-corrected chi connectivity index (χ0v) is 15.7. The highest BCUT2D eigenvalue weighted by Crippen LogP contribution is 2.15. The first kappa shape index (κ1) is 19.5. The first-order valence-corrected chi connectivity index (χ1v) is 11.4. The number of methoxy groups -OCH3 is 1. The minimum Gasteiger partial charge on any atom is -0.504 e. The normalized spacial score (nSPS) is 10.5. The number of carboxylic acids is 1. The van der Waals surface area contributed by atoms with E-state index in [0.717, 1.165) is 23.9 Å². The van der Waals surface area contributed by atoms with E-state index >= 15 is 0 Å². The van der Waals surface area contributed by atoms with Crippen molar-refractivity contribution in [3.63, 3.8) is 0 Å². The molecule has 0 spiro atoms. The molecule has 0 amide bonds. The third-order valence-electron chi connectivity index (χ3n) is 2.95. The predicted molar refractivity (Wildman–Crippen MR) is 103 cm³/mol. The summed E-state index contributed by atoms with van der Waals surface area (Å²) >= 11 is 0. The van der Waals surface area contributed by atoms with E-state index in [9.17, 15) is 4.79 Å². The summed E-state index contributed by atoms with van der Waals surface area (Å²) in [6, 6.07) is 15.9. The van der Waals surface area contributed by atoms with Crippen LogP contribution < -0.4 is 0 Å². The van der Waals surface area contributed by atoms with Crippen molar-refractivity contribution >= 4 is 24.8 Å².